The molecule has 2 fully saturated rings. The summed E-state index contributed by atoms with van der Waals surface area (Å²) in [5, 5.41) is 9.43. The van der Waals surface area contributed by atoms with Crippen molar-refractivity contribution >= 4 is 5.91 Å². The van der Waals surface area contributed by atoms with Crippen LogP contribution in [0.3, 0.4) is 0 Å². The Labute approximate surface area is 198 Å². The highest BCUT2D eigenvalue weighted by Gasteiger charge is 2.42. The first-order chi connectivity index (χ1) is 16.2. The van der Waals surface area contributed by atoms with E-state index in [1.54, 1.807) is 0 Å². The number of piperazine rings is 1. The smallest absolute Gasteiger partial charge is 0.288 e. The van der Waals surface area contributed by atoms with Gasteiger partial charge in [0, 0.05) is 51.9 Å². The Balaban J connectivity index is 1.43. The SMILES string of the molecule is CCO[C@H]1OC(C(=O)N2CCN(Cc3ccccc3)CC2)=C[C@@H](C2CCCC2)[C@H]1CCCO. The molecule has 1 N–H and O–H groups in total. The Kier molecular flexibility index (Phi) is 8.82. The van der Waals surface area contributed by atoms with E-state index < -0.39 is 6.29 Å². The Morgan fingerprint density at radius 1 is 1.12 bits per heavy atom. The van der Waals surface area contributed by atoms with E-state index in [9.17, 15) is 9.90 Å². The molecule has 1 saturated heterocycles. The number of benzene rings is 1. The summed E-state index contributed by atoms with van der Waals surface area (Å²) >= 11 is 0. The number of hydrogen-bond acceptors (Lipinski definition) is 5. The molecule has 1 saturated carbocycles. The van der Waals surface area contributed by atoms with E-state index in [1.807, 2.05) is 17.9 Å². The Bertz CT molecular complexity index is 770. The highest BCUT2D eigenvalue weighted by molar-refractivity contribution is 5.91. The molecule has 1 aromatic rings. The maximum Gasteiger partial charge on any atom is 0.288 e. The van der Waals surface area contributed by atoms with Crippen molar-refractivity contribution in [1.82, 2.24) is 9.80 Å². The molecule has 33 heavy (non-hydrogen) atoms. The molecule has 4 rings (SSSR count). The quantitative estimate of drug-likeness (QED) is 0.612. The molecule has 0 spiro atoms. The largest absolute Gasteiger partial charge is 0.459 e. The molecule has 1 amide bonds. The van der Waals surface area contributed by atoms with Crippen LogP contribution in [0.4, 0.5) is 0 Å². The van der Waals surface area contributed by atoms with Crippen molar-refractivity contribution < 1.29 is 19.4 Å². The average Bonchev–Trinajstić information content (AvgIpc) is 3.39. The first-order valence-corrected chi connectivity index (χ1v) is 12.9. The third-order valence-electron chi connectivity index (χ3n) is 7.52. The van der Waals surface area contributed by atoms with Crippen LogP contribution in [-0.4, -0.2) is 66.5 Å². The van der Waals surface area contributed by atoms with E-state index in [0.29, 0.717) is 31.4 Å². The van der Waals surface area contributed by atoms with Crippen LogP contribution in [0.5, 0.6) is 0 Å². The zero-order chi connectivity index (χ0) is 23.0. The molecule has 182 valence electrons. The molecule has 3 atom stereocenters. The molecule has 6 nitrogen and oxygen atoms in total. The van der Waals surface area contributed by atoms with Crippen LogP contribution in [0, 0.1) is 17.8 Å². The van der Waals surface area contributed by atoms with Crippen LogP contribution in [0.2, 0.25) is 0 Å². The van der Waals surface area contributed by atoms with Gasteiger partial charge < -0.3 is 19.5 Å². The van der Waals surface area contributed by atoms with Crippen molar-refractivity contribution in [2.45, 2.75) is 58.3 Å². The predicted molar refractivity (Wildman–Crippen MR) is 128 cm³/mol. The van der Waals surface area contributed by atoms with Crippen molar-refractivity contribution in [3.63, 3.8) is 0 Å². The van der Waals surface area contributed by atoms with E-state index >= 15 is 0 Å². The van der Waals surface area contributed by atoms with Gasteiger partial charge >= 0.3 is 0 Å². The summed E-state index contributed by atoms with van der Waals surface area (Å²) in [5.74, 6) is 1.53. The number of carbonyl (C=O) groups is 1. The summed E-state index contributed by atoms with van der Waals surface area (Å²) in [7, 11) is 0. The maximum atomic E-state index is 13.5. The van der Waals surface area contributed by atoms with Crippen molar-refractivity contribution in [1.29, 1.82) is 0 Å². The Hall–Kier alpha value is -1.89. The van der Waals surface area contributed by atoms with Gasteiger partial charge in [0.1, 0.15) is 0 Å². The fraction of sp³-hybridized carbons (Fsp3) is 0.667. The maximum absolute atomic E-state index is 13.5. The van der Waals surface area contributed by atoms with Gasteiger partial charge in [0.2, 0.25) is 6.29 Å². The third-order valence-corrected chi connectivity index (χ3v) is 7.52. The minimum atomic E-state index is -0.407. The van der Waals surface area contributed by atoms with E-state index in [0.717, 1.165) is 32.5 Å². The van der Waals surface area contributed by atoms with Crippen molar-refractivity contribution in [3.8, 4) is 0 Å². The normalized spacial score (nSPS) is 26.8. The minimum Gasteiger partial charge on any atom is -0.459 e. The van der Waals surface area contributed by atoms with Crippen LogP contribution in [0.25, 0.3) is 0 Å². The van der Waals surface area contributed by atoms with Crippen molar-refractivity contribution in [3.05, 3.63) is 47.7 Å². The van der Waals surface area contributed by atoms with Crippen LogP contribution in [0.15, 0.2) is 42.2 Å². The van der Waals surface area contributed by atoms with E-state index in [-0.39, 0.29) is 24.3 Å². The molecule has 0 unspecified atom stereocenters. The number of rotatable bonds is 9. The molecule has 1 aromatic carbocycles. The number of aliphatic hydroxyl groups is 1. The summed E-state index contributed by atoms with van der Waals surface area (Å²) in [4.78, 5) is 17.8. The number of allylic oxidation sites excluding steroid dienone is 1. The summed E-state index contributed by atoms with van der Waals surface area (Å²) in [6, 6.07) is 10.5. The first-order valence-electron chi connectivity index (χ1n) is 12.9. The summed E-state index contributed by atoms with van der Waals surface area (Å²) in [6.45, 7) is 6.80. The standard InChI is InChI=1S/C27H40N2O4/c1-2-32-27-23(13-8-18-30)24(22-11-6-7-12-22)19-25(33-27)26(31)29-16-14-28(15-17-29)20-21-9-4-3-5-10-21/h3-5,9-10,19,22-24,27,30H,2,6-8,11-18,20H2,1H3/t23-,24+,27+/m1/s1. The second kappa shape index (κ2) is 12.0. The third kappa shape index (κ3) is 6.17. The lowest BCUT2D eigenvalue weighted by Gasteiger charge is -2.41. The van der Waals surface area contributed by atoms with E-state index in [1.165, 1.54) is 31.2 Å². The van der Waals surface area contributed by atoms with E-state index in [4.69, 9.17) is 9.47 Å². The zero-order valence-electron chi connectivity index (χ0n) is 20.0. The predicted octanol–water partition coefficient (Wildman–Crippen LogP) is 3.80. The molecule has 1 aliphatic carbocycles. The fourth-order valence-electron chi connectivity index (χ4n) is 5.77. The van der Waals surface area contributed by atoms with Gasteiger partial charge in [0.15, 0.2) is 5.76 Å². The van der Waals surface area contributed by atoms with Crippen LogP contribution in [-0.2, 0) is 20.8 Å². The van der Waals surface area contributed by atoms with Crippen LogP contribution in [0.1, 0.15) is 51.0 Å². The van der Waals surface area contributed by atoms with Crippen molar-refractivity contribution in [2.24, 2.45) is 17.8 Å². The molecule has 2 aliphatic heterocycles. The topological polar surface area (TPSA) is 62.2 Å². The number of carbonyl (C=O) groups excluding carboxylic acids is 1. The Morgan fingerprint density at radius 2 is 1.85 bits per heavy atom. The molecule has 2 heterocycles. The summed E-state index contributed by atoms with van der Waals surface area (Å²) in [6.07, 6.45) is 8.23. The first kappa shape index (κ1) is 24.2. The van der Waals surface area contributed by atoms with Crippen LogP contribution >= 0.6 is 0 Å². The molecule has 0 aromatic heterocycles. The van der Waals surface area contributed by atoms with Gasteiger partial charge in [-0.25, -0.2) is 0 Å². The number of hydrogen-bond donors (Lipinski definition) is 1. The number of ether oxygens (including phenoxy) is 2. The highest BCUT2D eigenvalue weighted by atomic mass is 16.7. The Morgan fingerprint density at radius 3 is 2.52 bits per heavy atom. The molecule has 6 heteroatoms. The number of aliphatic hydroxyl groups excluding tert-OH is 1. The van der Waals surface area contributed by atoms with Gasteiger partial charge in [-0.3, -0.25) is 9.69 Å². The number of amides is 1. The van der Waals surface area contributed by atoms with Gasteiger partial charge in [-0.15, -0.1) is 0 Å². The number of nitrogens with zero attached hydrogens (tertiary/aromatic N) is 2. The lowest BCUT2D eigenvalue weighted by Crippen LogP contribution is -2.50. The van der Waals surface area contributed by atoms with Gasteiger partial charge in [-0.05, 0) is 56.1 Å². The second-order valence-electron chi connectivity index (χ2n) is 9.68. The molecule has 0 bridgehead atoms. The lowest BCUT2D eigenvalue weighted by atomic mass is 9.76. The average molecular weight is 457 g/mol. The van der Waals surface area contributed by atoms with Crippen molar-refractivity contribution in [2.75, 3.05) is 39.4 Å². The summed E-state index contributed by atoms with van der Waals surface area (Å²) < 4.78 is 12.2. The fourth-order valence-corrected chi connectivity index (χ4v) is 5.77. The lowest BCUT2D eigenvalue weighted by molar-refractivity contribution is -0.179. The van der Waals surface area contributed by atoms with Gasteiger partial charge in [-0.1, -0.05) is 43.2 Å². The molecule has 3 aliphatic rings. The zero-order valence-corrected chi connectivity index (χ0v) is 20.0. The summed E-state index contributed by atoms with van der Waals surface area (Å²) in [5.41, 5.74) is 1.31. The monoisotopic (exact) mass is 456 g/mol. The molecular weight excluding hydrogens is 416 g/mol. The van der Waals surface area contributed by atoms with Crippen LogP contribution < -0.4 is 0 Å². The van der Waals surface area contributed by atoms with Gasteiger partial charge in [0.05, 0.1) is 0 Å². The molecular formula is C27H40N2O4. The minimum absolute atomic E-state index is 0.00247. The van der Waals surface area contributed by atoms with E-state index in [2.05, 4.69) is 35.2 Å². The van der Waals surface area contributed by atoms with Gasteiger partial charge in [0.25, 0.3) is 5.91 Å². The highest BCUT2D eigenvalue weighted by Crippen LogP contribution is 2.43. The second-order valence-corrected chi connectivity index (χ2v) is 9.68. The molecule has 0 radical (unpaired) electrons. The van der Waals surface area contributed by atoms with Gasteiger partial charge in [-0.2, -0.15) is 0 Å².